The zero-order valence-corrected chi connectivity index (χ0v) is 10.8. The summed E-state index contributed by atoms with van der Waals surface area (Å²) >= 11 is 0. The van der Waals surface area contributed by atoms with Crippen LogP contribution in [0.3, 0.4) is 0 Å². The second-order valence-corrected chi connectivity index (χ2v) is 2.54. The molecule has 4 nitrogen and oxygen atoms in total. The van der Waals surface area contributed by atoms with Gasteiger partial charge < -0.3 is 16.2 Å². The first-order chi connectivity index (χ1) is 7.18. The third-order valence-corrected chi connectivity index (χ3v) is 1.51. The standard InChI is InChI=1S/C7H16N2O2.2C2H6/c1-9-5-3-2-4-6(8)7(10)11;2*1-2/h6,9H,2-5,8H2,1H3,(H,10,11);2*1-2H3. The predicted octanol–water partition coefficient (Wildman–Crippen LogP) is 1.84. The molecule has 0 spiro atoms. The molecule has 0 aromatic carbocycles. The van der Waals surface area contributed by atoms with Crippen LogP contribution in [0.25, 0.3) is 0 Å². The van der Waals surface area contributed by atoms with E-state index in [1.54, 1.807) is 0 Å². The van der Waals surface area contributed by atoms with Gasteiger partial charge in [-0.1, -0.05) is 34.1 Å². The van der Waals surface area contributed by atoms with Crippen molar-refractivity contribution in [3.8, 4) is 0 Å². The van der Waals surface area contributed by atoms with Crippen LogP contribution < -0.4 is 11.1 Å². The summed E-state index contributed by atoms with van der Waals surface area (Å²) < 4.78 is 0. The van der Waals surface area contributed by atoms with Crippen molar-refractivity contribution in [2.24, 2.45) is 5.73 Å². The van der Waals surface area contributed by atoms with Crippen molar-refractivity contribution in [1.82, 2.24) is 5.32 Å². The van der Waals surface area contributed by atoms with Crippen molar-refractivity contribution < 1.29 is 9.90 Å². The predicted molar refractivity (Wildman–Crippen MR) is 66.1 cm³/mol. The largest absolute Gasteiger partial charge is 0.480 e. The molecule has 0 rings (SSSR count). The average Bonchev–Trinajstić information content (AvgIpc) is 2.29. The fraction of sp³-hybridized carbons (Fsp3) is 0.909. The molecular formula is C11H28N2O2. The molecule has 0 radical (unpaired) electrons. The van der Waals surface area contributed by atoms with E-state index in [9.17, 15) is 4.79 Å². The Morgan fingerprint density at radius 1 is 1.27 bits per heavy atom. The lowest BCUT2D eigenvalue weighted by Crippen LogP contribution is -2.29. The number of carboxylic acids is 1. The molecule has 15 heavy (non-hydrogen) atoms. The number of carbonyl (C=O) groups is 1. The summed E-state index contributed by atoms with van der Waals surface area (Å²) in [5.41, 5.74) is 5.28. The summed E-state index contributed by atoms with van der Waals surface area (Å²) in [5.74, 6) is -0.908. The summed E-state index contributed by atoms with van der Waals surface area (Å²) in [6.45, 7) is 8.92. The normalized spacial score (nSPS) is 10.3. The molecule has 4 heteroatoms. The maximum atomic E-state index is 10.2. The molecule has 0 fully saturated rings. The Labute approximate surface area is 94.2 Å². The zero-order chi connectivity index (χ0) is 12.7. The lowest BCUT2D eigenvalue weighted by atomic mass is 10.1. The SMILES string of the molecule is CC.CC.CNCCCCC(N)C(=O)O. The van der Waals surface area contributed by atoms with E-state index in [-0.39, 0.29) is 0 Å². The van der Waals surface area contributed by atoms with E-state index in [0.717, 1.165) is 19.4 Å². The van der Waals surface area contributed by atoms with Crippen LogP contribution >= 0.6 is 0 Å². The molecule has 0 aliphatic heterocycles. The third kappa shape index (κ3) is 19.7. The molecule has 4 N–H and O–H groups in total. The molecule has 0 amide bonds. The van der Waals surface area contributed by atoms with Crippen molar-refractivity contribution in [2.75, 3.05) is 13.6 Å². The van der Waals surface area contributed by atoms with Crippen molar-refractivity contribution in [3.05, 3.63) is 0 Å². The molecule has 0 aliphatic carbocycles. The first-order valence-electron chi connectivity index (χ1n) is 5.81. The maximum absolute atomic E-state index is 10.2. The van der Waals surface area contributed by atoms with Crippen LogP contribution in [0.2, 0.25) is 0 Å². The van der Waals surface area contributed by atoms with Gasteiger partial charge in [0, 0.05) is 0 Å². The monoisotopic (exact) mass is 220 g/mol. The van der Waals surface area contributed by atoms with Crippen molar-refractivity contribution >= 4 is 5.97 Å². The minimum atomic E-state index is -0.908. The van der Waals surface area contributed by atoms with E-state index in [1.807, 2.05) is 34.7 Å². The van der Waals surface area contributed by atoms with Gasteiger partial charge in [-0.3, -0.25) is 4.79 Å². The van der Waals surface area contributed by atoms with Gasteiger partial charge in [-0.2, -0.15) is 0 Å². The van der Waals surface area contributed by atoms with Gasteiger partial charge in [0.15, 0.2) is 0 Å². The van der Waals surface area contributed by atoms with E-state index >= 15 is 0 Å². The fourth-order valence-corrected chi connectivity index (χ4v) is 0.790. The van der Waals surface area contributed by atoms with Crippen LogP contribution in [0.15, 0.2) is 0 Å². The second-order valence-electron chi connectivity index (χ2n) is 2.54. The number of nitrogens with one attached hydrogen (secondary N) is 1. The molecule has 1 atom stereocenters. The minimum Gasteiger partial charge on any atom is -0.480 e. The van der Waals surface area contributed by atoms with Crippen LogP contribution in [-0.4, -0.2) is 30.7 Å². The molecule has 0 aromatic rings. The number of nitrogens with two attached hydrogens (primary N) is 1. The molecule has 94 valence electrons. The van der Waals surface area contributed by atoms with Gasteiger partial charge in [0.2, 0.25) is 0 Å². The molecule has 0 bridgehead atoms. The quantitative estimate of drug-likeness (QED) is 0.597. The number of aliphatic carboxylic acids is 1. The van der Waals surface area contributed by atoms with Crippen LogP contribution in [0, 0.1) is 0 Å². The fourth-order valence-electron chi connectivity index (χ4n) is 0.790. The molecule has 0 heterocycles. The second kappa shape index (κ2) is 19.0. The van der Waals surface area contributed by atoms with Gasteiger partial charge in [0.25, 0.3) is 0 Å². The molecule has 0 aliphatic rings. The summed E-state index contributed by atoms with van der Waals surface area (Å²) in [6, 6.07) is -0.688. The Morgan fingerprint density at radius 3 is 2.07 bits per heavy atom. The van der Waals surface area contributed by atoms with Crippen molar-refractivity contribution in [1.29, 1.82) is 0 Å². The highest BCUT2D eigenvalue weighted by atomic mass is 16.4. The van der Waals surface area contributed by atoms with Crippen molar-refractivity contribution in [2.45, 2.75) is 53.0 Å². The Kier molecular flexibility index (Phi) is 25.2. The highest BCUT2D eigenvalue weighted by Crippen LogP contribution is 1.97. The smallest absolute Gasteiger partial charge is 0.320 e. The third-order valence-electron chi connectivity index (χ3n) is 1.51. The van der Waals surface area contributed by atoms with E-state index in [0.29, 0.717) is 6.42 Å². The van der Waals surface area contributed by atoms with Gasteiger partial charge in [0.05, 0.1) is 0 Å². The van der Waals surface area contributed by atoms with E-state index in [2.05, 4.69) is 5.32 Å². The van der Waals surface area contributed by atoms with Gasteiger partial charge >= 0.3 is 5.97 Å². The highest BCUT2D eigenvalue weighted by Gasteiger charge is 2.09. The number of hydrogen-bond donors (Lipinski definition) is 3. The molecule has 0 saturated carbocycles. The Morgan fingerprint density at radius 2 is 1.73 bits per heavy atom. The average molecular weight is 220 g/mol. The van der Waals surface area contributed by atoms with E-state index in [4.69, 9.17) is 10.8 Å². The Balaban J connectivity index is -0.000000318. The lowest BCUT2D eigenvalue weighted by molar-refractivity contribution is -0.138. The van der Waals surface area contributed by atoms with Crippen LogP contribution in [-0.2, 0) is 4.79 Å². The number of carboxylic acid groups (broad SMARTS) is 1. The molecule has 0 saturated heterocycles. The Bertz CT molecular complexity index is 119. The van der Waals surface area contributed by atoms with Crippen LogP contribution in [0.4, 0.5) is 0 Å². The molecular weight excluding hydrogens is 192 g/mol. The maximum Gasteiger partial charge on any atom is 0.320 e. The summed E-state index contributed by atoms with van der Waals surface area (Å²) in [5, 5.41) is 11.4. The number of rotatable bonds is 6. The lowest BCUT2D eigenvalue weighted by Gasteiger charge is -2.04. The van der Waals surface area contributed by atoms with E-state index < -0.39 is 12.0 Å². The summed E-state index contributed by atoms with van der Waals surface area (Å²) in [6.07, 6.45) is 2.42. The number of hydrogen-bond acceptors (Lipinski definition) is 3. The minimum absolute atomic E-state index is 0.566. The number of unbranched alkanes of at least 4 members (excludes halogenated alkanes) is 1. The Hall–Kier alpha value is -0.610. The van der Waals surface area contributed by atoms with E-state index in [1.165, 1.54) is 0 Å². The molecule has 0 aromatic heterocycles. The van der Waals surface area contributed by atoms with Gasteiger partial charge in [-0.25, -0.2) is 0 Å². The van der Waals surface area contributed by atoms with Gasteiger partial charge in [0.1, 0.15) is 6.04 Å². The summed E-state index contributed by atoms with van der Waals surface area (Å²) in [7, 11) is 1.87. The zero-order valence-electron chi connectivity index (χ0n) is 10.8. The topological polar surface area (TPSA) is 75.3 Å². The van der Waals surface area contributed by atoms with Gasteiger partial charge in [-0.15, -0.1) is 0 Å². The first kappa shape index (κ1) is 19.9. The summed E-state index contributed by atoms with van der Waals surface area (Å²) in [4.78, 5) is 10.2. The molecule has 1 unspecified atom stereocenters. The van der Waals surface area contributed by atoms with Gasteiger partial charge in [-0.05, 0) is 26.4 Å². The highest BCUT2D eigenvalue weighted by molar-refractivity contribution is 5.72. The van der Waals surface area contributed by atoms with Crippen LogP contribution in [0.1, 0.15) is 47.0 Å². The van der Waals surface area contributed by atoms with Crippen LogP contribution in [0.5, 0.6) is 0 Å². The van der Waals surface area contributed by atoms with Crippen molar-refractivity contribution in [3.63, 3.8) is 0 Å². The first-order valence-corrected chi connectivity index (χ1v) is 5.81.